The van der Waals surface area contributed by atoms with Gasteiger partial charge in [0, 0.05) is 52.5 Å². The summed E-state index contributed by atoms with van der Waals surface area (Å²) in [5.41, 5.74) is 0.234. The van der Waals surface area contributed by atoms with Crippen LogP contribution in [0.25, 0.3) is 0 Å². The van der Waals surface area contributed by atoms with Gasteiger partial charge in [-0.1, -0.05) is 19.9 Å². The maximum atomic E-state index is 12.5. The number of aliphatic hydroxyl groups excluding tert-OH is 2. The predicted octanol–water partition coefficient (Wildman–Crippen LogP) is 2.60. The van der Waals surface area contributed by atoms with Gasteiger partial charge in [-0.3, -0.25) is 24.0 Å². The number of ether oxygens (including phenoxy) is 5. The molecule has 2 rings (SSSR count). The zero-order chi connectivity index (χ0) is 32.1. The van der Waals surface area contributed by atoms with E-state index in [1.54, 1.807) is 20.8 Å². The first-order valence-electron chi connectivity index (χ1n) is 13.7. The van der Waals surface area contributed by atoms with Crippen molar-refractivity contribution in [3.63, 3.8) is 0 Å². The van der Waals surface area contributed by atoms with Crippen LogP contribution in [0.5, 0.6) is 0 Å². The first-order chi connectivity index (χ1) is 19.4. The van der Waals surface area contributed by atoms with Crippen molar-refractivity contribution in [1.82, 2.24) is 0 Å². The molecule has 42 heavy (non-hydrogen) atoms. The van der Waals surface area contributed by atoms with Crippen molar-refractivity contribution in [2.75, 3.05) is 6.61 Å². The van der Waals surface area contributed by atoms with E-state index in [9.17, 15) is 34.2 Å². The number of esters is 5. The van der Waals surface area contributed by atoms with Crippen molar-refractivity contribution in [2.24, 2.45) is 11.3 Å². The monoisotopic (exact) mass is 594 g/mol. The molecule has 2 bridgehead atoms. The molecule has 234 valence electrons. The molecular weight excluding hydrogens is 552 g/mol. The highest BCUT2D eigenvalue weighted by Crippen LogP contribution is 2.51. The average molecular weight is 595 g/mol. The van der Waals surface area contributed by atoms with Crippen molar-refractivity contribution in [3.8, 4) is 0 Å². The Labute approximate surface area is 245 Å². The van der Waals surface area contributed by atoms with Gasteiger partial charge in [-0.15, -0.1) is 0 Å². The SMILES string of the molecule is CC(=O)OC/C1=C/[C@H](O)[C@@H]2C[C@H](OC(C)=O)C(C)=C([C@@H](OC(C)=O)/C(OC(C)=O)=C(/C)[C@@H](OC(C)=O)C[C@@H]1O)C2(C)C. The molecule has 0 spiro atoms. The number of rotatable bonds is 6. The van der Waals surface area contributed by atoms with Crippen LogP contribution in [0.15, 0.2) is 34.1 Å². The van der Waals surface area contributed by atoms with E-state index >= 15 is 0 Å². The highest BCUT2D eigenvalue weighted by atomic mass is 16.6. The van der Waals surface area contributed by atoms with E-state index in [1.807, 2.05) is 0 Å². The Morgan fingerprint density at radius 2 is 1.31 bits per heavy atom. The quantitative estimate of drug-likeness (QED) is 0.262. The Hall–Kier alpha value is -3.51. The van der Waals surface area contributed by atoms with Crippen molar-refractivity contribution in [3.05, 3.63) is 34.1 Å². The van der Waals surface area contributed by atoms with Gasteiger partial charge < -0.3 is 33.9 Å². The summed E-state index contributed by atoms with van der Waals surface area (Å²) in [7, 11) is 0. The second-order valence-electron chi connectivity index (χ2n) is 11.3. The fourth-order valence-electron chi connectivity index (χ4n) is 5.74. The molecule has 0 aromatic carbocycles. The van der Waals surface area contributed by atoms with E-state index in [0.29, 0.717) is 11.1 Å². The highest BCUT2D eigenvalue weighted by molar-refractivity contribution is 5.70. The van der Waals surface area contributed by atoms with E-state index in [4.69, 9.17) is 23.7 Å². The third-order valence-corrected chi connectivity index (χ3v) is 7.63. The third kappa shape index (κ3) is 8.51. The Balaban J connectivity index is 3.05. The maximum absolute atomic E-state index is 12.5. The summed E-state index contributed by atoms with van der Waals surface area (Å²) in [6, 6.07) is 0. The molecule has 0 saturated heterocycles. The molecule has 12 nitrogen and oxygen atoms in total. The number of carbonyl (C=O) groups is 5. The highest BCUT2D eigenvalue weighted by Gasteiger charge is 2.50. The Kier molecular flexibility index (Phi) is 11.7. The molecule has 0 aromatic rings. The molecule has 12 heteroatoms. The summed E-state index contributed by atoms with van der Waals surface area (Å²) in [4.78, 5) is 60.8. The molecule has 0 fully saturated rings. The number of hydrogen-bond acceptors (Lipinski definition) is 12. The second kappa shape index (κ2) is 14.1. The van der Waals surface area contributed by atoms with Gasteiger partial charge in [0.05, 0.1) is 12.2 Å². The zero-order valence-corrected chi connectivity index (χ0v) is 25.6. The maximum Gasteiger partial charge on any atom is 0.307 e. The van der Waals surface area contributed by atoms with E-state index in [2.05, 4.69) is 0 Å². The van der Waals surface area contributed by atoms with Crippen LogP contribution in [0.4, 0.5) is 0 Å². The summed E-state index contributed by atoms with van der Waals surface area (Å²) in [5, 5.41) is 22.9. The number of hydrogen-bond donors (Lipinski definition) is 2. The predicted molar refractivity (Wildman–Crippen MR) is 147 cm³/mol. The van der Waals surface area contributed by atoms with Gasteiger partial charge in [-0.05, 0) is 42.4 Å². The van der Waals surface area contributed by atoms with Gasteiger partial charge >= 0.3 is 29.8 Å². The van der Waals surface area contributed by atoms with Crippen LogP contribution in [0.2, 0.25) is 0 Å². The topological polar surface area (TPSA) is 172 Å². The third-order valence-electron chi connectivity index (χ3n) is 7.63. The number of carbonyl (C=O) groups excluding carboxylic acids is 5. The second-order valence-corrected chi connectivity index (χ2v) is 11.3. The van der Waals surface area contributed by atoms with Crippen molar-refractivity contribution in [1.29, 1.82) is 0 Å². The summed E-state index contributed by atoms with van der Waals surface area (Å²) in [6.07, 6.45) is -4.82. The van der Waals surface area contributed by atoms with Crippen LogP contribution in [-0.4, -0.2) is 77.2 Å². The fourth-order valence-corrected chi connectivity index (χ4v) is 5.74. The van der Waals surface area contributed by atoms with E-state index < -0.39 is 71.7 Å². The lowest BCUT2D eigenvalue weighted by molar-refractivity contribution is -0.152. The first-order valence-corrected chi connectivity index (χ1v) is 13.7. The van der Waals surface area contributed by atoms with Crippen molar-refractivity contribution in [2.45, 2.75) is 106 Å². The van der Waals surface area contributed by atoms with Gasteiger partial charge in [0.25, 0.3) is 0 Å². The molecule has 0 amide bonds. The van der Waals surface area contributed by atoms with Gasteiger partial charge in [0.15, 0.2) is 11.9 Å². The Morgan fingerprint density at radius 3 is 1.79 bits per heavy atom. The molecule has 0 aromatic heterocycles. The molecule has 0 heterocycles. The van der Waals surface area contributed by atoms with Gasteiger partial charge in [0.1, 0.15) is 18.8 Å². The molecule has 0 unspecified atom stereocenters. The Morgan fingerprint density at radius 1 is 0.786 bits per heavy atom. The van der Waals surface area contributed by atoms with E-state index in [1.165, 1.54) is 33.8 Å². The van der Waals surface area contributed by atoms with Crippen LogP contribution < -0.4 is 0 Å². The van der Waals surface area contributed by atoms with Gasteiger partial charge in [0.2, 0.25) is 0 Å². The molecule has 0 aliphatic heterocycles. The summed E-state index contributed by atoms with van der Waals surface area (Å²) < 4.78 is 27.7. The minimum Gasteiger partial charge on any atom is -0.461 e. The minimum atomic E-state index is -1.39. The number of aliphatic hydroxyl groups is 2. The van der Waals surface area contributed by atoms with Crippen LogP contribution >= 0.6 is 0 Å². The lowest BCUT2D eigenvalue weighted by Gasteiger charge is -2.48. The zero-order valence-electron chi connectivity index (χ0n) is 25.6. The molecule has 2 aliphatic rings. The van der Waals surface area contributed by atoms with Crippen LogP contribution in [0.1, 0.15) is 75.2 Å². The van der Waals surface area contributed by atoms with E-state index in [0.717, 1.165) is 13.8 Å². The van der Waals surface area contributed by atoms with Crippen LogP contribution in [0.3, 0.4) is 0 Å². The molecular formula is C30H42O12. The molecule has 2 N–H and O–H groups in total. The molecule has 0 radical (unpaired) electrons. The minimum absolute atomic E-state index is 0.140. The Bertz CT molecular complexity index is 1190. The summed E-state index contributed by atoms with van der Waals surface area (Å²) in [5.74, 6) is -4.24. The van der Waals surface area contributed by atoms with Crippen LogP contribution in [0, 0.1) is 11.3 Å². The van der Waals surface area contributed by atoms with E-state index in [-0.39, 0.29) is 36.4 Å². The molecule has 0 saturated carbocycles. The largest absolute Gasteiger partial charge is 0.461 e. The lowest BCUT2D eigenvalue weighted by atomic mass is 9.60. The normalized spacial score (nSPS) is 30.9. The summed E-state index contributed by atoms with van der Waals surface area (Å²) in [6.45, 7) is 12.4. The summed E-state index contributed by atoms with van der Waals surface area (Å²) >= 11 is 0. The molecule has 6 atom stereocenters. The molecule has 2 aliphatic carbocycles. The van der Waals surface area contributed by atoms with Gasteiger partial charge in [-0.25, -0.2) is 0 Å². The first kappa shape index (κ1) is 34.7. The van der Waals surface area contributed by atoms with Gasteiger partial charge in [-0.2, -0.15) is 0 Å². The average Bonchev–Trinajstić information content (AvgIpc) is 2.83. The smallest absolute Gasteiger partial charge is 0.307 e. The number of fused-ring (bicyclic) bond motifs is 2. The van der Waals surface area contributed by atoms with Crippen molar-refractivity contribution >= 4 is 29.8 Å². The lowest BCUT2D eigenvalue weighted by Crippen LogP contribution is -2.48. The fraction of sp³-hybridized carbons (Fsp3) is 0.633. The standard InChI is InChI=1S/C30H42O12/c1-14-25(39-17(4)32)11-22-24(37)10-21(13-38-16(3)31)23(36)12-26(40-18(5)33)15(2)28(41-19(6)34)29(42-20(7)35)27(14)30(22,8)9/h10,22-26,29,36-37H,11-13H2,1-9H3/b21-10-,28-15+/t22-,23-,24-,25-,26-,29+/m0/s1. The van der Waals surface area contributed by atoms with Crippen LogP contribution in [-0.2, 0) is 47.7 Å². The van der Waals surface area contributed by atoms with Crippen molar-refractivity contribution < 1.29 is 57.9 Å².